The highest BCUT2D eigenvalue weighted by Gasteiger charge is 2.54. The maximum Gasteiger partial charge on any atom is 0.322 e. The average Bonchev–Trinajstić information content (AvgIpc) is 2.66. The van der Waals surface area contributed by atoms with Gasteiger partial charge in [0, 0.05) is 30.1 Å². The van der Waals surface area contributed by atoms with Gasteiger partial charge >= 0.3 is 12.0 Å². The number of alkyl halides is 2. The first kappa shape index (κ1) is 24.5. The van der Waals surface area contributed by atoms with Crippen molar-refractivity contribution in [2.45, 2.75) is 82.7 Å². The second-order valence-corrected chi connectivity index (χ2v) is 12.0. The normalized spacial score (nSPS) is 34.4. The third-order valence-corrected chi connectivity index (χ3v) is 9.29. The molecule has 35 heavy (non-hydrogen) atoms. The van der Waals surface area contributed by atoms with Crippen LogP contribution in [0.1, 0.15) is 76.3 Å². The Kier molecular flexibility index (Phi) is 5.93. The molecular weight excluding hydrogens is 474 g/mol. The molecular formula is C27H33ClF2N2O3. The highest BCUT2D eigenvalue weighted by molar-refractivity contribution is 6.31. The van der Waals surface area contributed by atoms with Gasteiger partial charge in [0.15, 0.2) is 0 Å². The fourth-order valence-corrected chi connectivity index (χ4v) is 6.57. The lowest BCUT2D eigenvalue weighted by Crippen LogP contribution is -2.60. The van der Waals surface area contributed by atoms with Crippen molar-refractivity contribution in [3.8, 4) is 0 Å². The molecule has 5 nitrogen and oxygen atoms in total. The Labute approximate surface area is 209 Å². The van der Waals surface area contributed by atoms with Gasteiger partial charge in [-0.2, -0.15) is 0 Å². The molecule has 0 aromatic heterocycles. The zero-order valence-corrected chi connectivity index (χ0v) is 21.1. The van der Waals surface area contributed by atoms with E-state index in [0.29, 0.717) is 35.6 Å². The van der Waals surface area contributed by atoms with Crippen LogP contribution in [0.15, 0.2) is 30.0 Å². The van der Waals surface area contributed by atoms with Crippen molar-refractivity contribution in [1.29, 1.82) is 0 Å². The molecule has 1 aromatic rings. The van der Waals surface area contributed by atoms with Crippen LogP contribution in [0.5, 0.6) is 0 Å². The van der Waals surface area contributed by atoms with Crippen molar-refractivity contribution in [1.82, 2.24) is 10.2 Å². The first-order valence-electron chi connectivity index (χ1n) is 12.6. The van der Waals surface area contributed by atoms with Crippen molar-refractivity contribution in [3.05, 3.63) is 46.1 Å². The van der Waals surface area contributed by atoms with E-state index in [-0.39, 0.29) is 30.8 Å². The molecule has 2 N–H and O–H groups in total. The minimum Gasteiger partial charge on any atom is -0.481 e. The number of halogens is 3. The molecule has 0 spiro atoms. The third-order valence-electron chi connectivity index (χ3n) is 8.97. The maximum atomic E-state index is 13.9. The number of rotatable bonds is 6. The number of benzene rings is 1. The predicted octanol–water partition coefficient (Wildman–Crippen LogP) is 6.52. The molecule has 0 unspecified atom stereocenters. The zero-order valence-electron chi connectivity index (χ0n) is 20.4. The Hall–Kier alpha value is -2.15. The molecule has 5 rings (SSSR count). The molecule has 1 heterocycles. The fraction of sp³-hybridized carbons (Fsp3) is 0.630. The molecule has 0 saturated heterocycles. The van der Waals surface area contributed by atoms with Crippen LogP contribution in [-0.2, 0) is 10.3 Å². The standard InChI is InChI=1S/C27H33ClF2N2O3/c1-14(2)15-6-16(7-15)21-5-4-19(10-23(21)28)26(3)22(18-11-27(29,30)12-18)13-32(25(35)31-26)20-8-17(9-20)24(33)34/h4-5,10,13-18,20H,6-9,11-12H2,1-3H3,(H,31,35)(H,33,34)/t15?,16?,17-,20-,26-/m0/s1. The Morgan fingerprint density at radius 2 is 1.83 bits per heavy atom. The summed E-state index contributed by atoms with van der Waals surface area (Å²) in [6, 6.07) is 5.29. The molecule has 0 bridgehead atoms. The molecule has 4 aliphatic rings. The predicted molar refractivity (Wildman–Crippen MR) is 129 cm³/mol. The Balaban J connectivity index is 1.43. The van der Waals surface area contributed by atoms with Gasteiger partial charge < -0.3 is 10.4 Å². The molecule has 1 atom stereocenters. The third kappa shape index (κ3) is 4.24. The number of carbonyl (C=O) groups is 2. The molecule has 0 radical (unpaired) electrons. The average molecular weight is 507 g/mol. The molecule has 3 saturated carbocycles. The maximum absolute atomic E-state index is 13.9. The summed E-state index contributed by atoms with van der Waals surface area (Å²) in [5.74, 6) is -2.63. The summed E-state index contributed by atoms with van der Waals surface area (Å²) in [6.45, 7) is 6.34. The lowest BCUT2D eigenvalue weighted by atomic mass is 9.66. The summed E-state index contributed by atoms with van der Waals surface area (Å²) in [5.41, 5.74) is 1.65. The van der Waals surface area contributed by atoms with Crippen LogP contribution in [0.3, 0.4) is 0 Å². The lowest BCUT2D eigenvalue weighted by Gasteiger charge is -2.50. The first-order chi connectivity index (χ1) is 16.4. The molecule has 8 heteroatoms. The van der Waals surface area contributed by atoms with Gasteiger partial charge in [0.2, 0.25) is 5.92 Å². The van der Waals surface area contributed by atoms with E-state index < -0.39 is 23.3 Å². The summed E-state index contributed by atoms with van der Waals surface area (Å²) in [6.07, 6.45) is 4.15. The number of carboxylic acids is 1. The van der Waals surface area contributed by atoms with Crippen LogP contribution in [-0.4, -0.2) is 34.0 Å². The van der Waals surface area contributed by atoms with Crippen LogP contribution >= 0.6 is 11.6 Å². The number of nitrogens with one attached hydrogen (secondary N) is 1. The summed E-state index contributed by atoms with van der Waals surface area (Å²) in [7, 11) is 0. The molecule has 3 aliphatic carbocycles. The van der Waals surface area contributed by atoms with E-state index in [1.54, 1.807) is 6.20 Å². The Bertz CT molecular complexity index is 1070. The highest BCUT2D eigenvalue weighted by atomic mass is 35.5. The van der Waals surface area contributed by atoms with Crippen molar-refractivity contribution < 1.29 is 23.5 Å². The molecule has 1 aliphatic heterocycles. The molecule has 2 amide bonds. The topological polar surface area (TPSA) is 69.6 Å². The van der Waals surface area contributed by atoms with Crippen molar-refractivity contribution >= 4 is 23.6 Å². The molecule has 3 fully saturated rings. The summed E-state index contributed by atoms with van der Waals surface area (Å²) in [4.78, 5) is 25.9. The second kappa shape index (κ2) is 8.46. The second-order valence-electron chi connectivity index (χ2n) is 11.6. The summed E-state index contributed by atoms with van der Waals surface area (Å²) in [5, 5.41) is 12.9. The fourth-order valence-electron chi connectivity index (χ4n) is 6.24. The highest BCUT2D eigenvalue weighted by Crippen LogP contribution is 2.53. The van der Waals surface area contributed by atoms with Gasteiger partial charge in [-0.25, -0.2) is 13.6 Å². The molecule has 1 aromatic carbocycles. The van der Waals surface area contributed by atoms with Crippen molar-refractivity contribution in [2.24, 2.45) is 23.7 Å². The van der Waals surface area contributed by atoms with E-state index >= 15 is 0 Å². The van der Waals surface area contributed by atoms with Crippen LogP contribution in [0.2, 0.25) is 5.02 Å². The quantitative estimate of drug-likeness (QED) is 0.461. The van der Waals surface area contributed by atoms with Crippen LogP contribution < -0.4 is 5.32 Å². The van der Waals surface area contributed by atoms with E-state index in [1.165, 1.54) is 4.90 Å². The van der Waals surface area contributed by atoms with E-state index in [0.717, 1.165) is 29.5 Å². The summed E-state index contributed by atoms with van der Waals surface area (Å²) < 4.78 is 27.7. The van der Waals surface area contributed by atoms with Crippen molar-refractivity contribution in [2.75, 3.05) is 0 Å². The first-order valence-corrected chi connectivity index (χ1v) is 13.0. The van der Waals surface area contributed by atoms with Gasteiger partial charge in [-0.15, -0.1) is 0 Å². The number of nitrogens with zero attached hydrogens (tertiary/aromatic N) is 1. The summed E-state index contributed by atoms with van der Waals surface area (Å²) >= 11 is 6.74. The Morgan fingerprint density at radius 3 is 2.37 bits per heavy atom. The van der Waals surface area contributed by atoms with Gasteiger partial charge in [-0.1, -0.05) is 37.6 Å². The van der Waals surface area contributed by atoms with E-state index in [2.05, 4.69) is 19.2 Å². The number of carbonyl (C=O) groups excluding carboxylic acids is 1. The Morgan fingerprint density at radius 1 is 1.17 bits per heavy atom. The van der Waals surface area contributed by atoms with Gasteiger partial charge in [0.1, 0.15) is 0 Å². The monoisotopic (exact) mass is 506 g/mol. The zero-order chi connectivity index (χ0) is 25.3. The van der Waals surface area contributed by atoms with Gasteiger partial charge in [-0.3, -0.25) is 9.69 Å². The molecule has 190 valence electrons. The van der Waals surface area contributed by atoms with Gasteiger partial charge in [0.05, 0.1) is 11.5 Å². The number of urea groups is 1. The van der Waals surface area contributed by atoms with Crippen LogP contribution in [0, 0.1) is 23.7 Å². The van der Waals surface area contributed by atoms with E-state index in [9.17, 15) is 23.5 Å². The smallest absolute Gasteiger partial charge is 0.322 e. The van der Waals surface area contributed by atoms with Crippen LogP contribution in [0.25, 0.3) is 0 Å². The van der Waals surface area contributed by atoms with Gasteiger partial charge in [-0.05, 0) is 79.0 Å². The minimum absolute atomic E-state index is 0.241. The number of hydrogen-bond donors (Lipinski definition) is 2. The number of amides is 2. The number of aliphatic carboxylic acids is 1. The largest absolute Gasteiger partial charge is 0.481 e. The van der Waals surface area contributed by atoms with E-state index in [4.69, 9.17) is 11.6 Å². The SMILES string of the molecule is CC(C)C1CC(c2ccc([C@]3(C)NC(=O)N([C@H]4C[C@H](C(=O)O)C4)C=C3C3CC(F)(F)C3)cc2Cl)C1. The number of carboxylic acid groups (broad SMARTS) is 1. The minimum atomic E-state index is -2.71. The number of hydrogen-bond acceptors (Lipinski definition) is 2. The van der Waals surface area contributed by atoms with Crippen LogP contribution in [0.4, 0.5) is 13.6 Å². The van der Waals surface area contributed by atoms with Gasteiger partial charge in [0.25, 0.3) is 0 Å². The van der Waals surface area contributed by atoms with E-state index in [1.807, 2.05) is 25.1 Å². The lowest BCUT2D eigenvalue weighted by molar-refractivity contribution is -0.146. The van der Waals surface area contributed by atoms with Crippen molar-refractivity contribution in [3.63, 3.8) is 0 Å².